The molecule has 0 aliphatic carbocycles. The van der Waals surface area contributed by atoms with Crippen LogP contribution in [-0.2, 0) is 0 Å². The molecule has 6 nitrogen and oxygen atoms in total. The minimum absolute atomic E-state index is 0.183. The van der Waals surface area contributed by atoms with Gasteiger partial charge in [0.15, 0.2) is 0 Å². The number of fused-ring (bicyclic) bond motifs is 1. The Morgan fingerprint density at radius 1 is 1.35 bits per heavy atom. The molecule has 2 heterocycles. The van der Waals surface area contributed by atoms with E-state index in [1.54, 1.807) is 44.4 Å². The average Bonchev–Trinajstić information content (AvgIpc) is 2.53. The highest BCUT2D eigenvalue weighted by Crippen LogP contribution is 2.41. The van der Waals surface area contributed by atoms with Crippen LogP contribution in [0.4, 0.5) is 0 Å². The van der Waals surface area contributed by atoms with E-state index in [1.807, 2.05) is 0 Å². The Labute approximate surface area is 132 Å². The maximum Gasteiger partial charge on any atom is 0.343 e. The maximum absolute atomic E-state index is 12.3. The number of hydrogen-bond acceptors (Lipinski definition) is 6. The van der Waals surface area contributed by atoms with Gasteiger partial charge in [0, 0.05) is 12.0 Å². The van der Waals surface area contributed by atoms with Gasteiger partial charge >= 0.3 is 5.63 Å². The molecule has 0 spiro atoms. The minimum Gasteiger partial charge on any atom is -0.497 e. The van der Waals surface area contributed by atoms with E-state index in [-0.39, 0.29) is 17.2 Å². The first kappa shape index (κ1) is 14.9. The topological polar surface area (TPSA) is 96.3 Å². The molecule has 1 aliphatic heterocycles. The van der Waals surface area contributed by atoms with Crippen molar-refractivity contribution in [2.24, 2.45) is 5.92 Å². The quantitative estimate of drug-likeness (QED) is 0.919. The van der Waals surface area contributed by atoms with Crippen molar-refractivity contribution >= 4 is 5.90 Å². The molecule has 2 unspecified atom stereocenters. The predicted molar refractivity (Wildman–Crippen MR) is 82.0 cm³/mol. The van der Waals surface area contributed by atoms with Crippen LogP contribution in [0.2, 0.25) is 0 Å². The van der Waals surface area contributed by atoms with E-state index in [0.29, 0.717) is 17.1 Å². The fourth-order valence-corrected chi connectivity index (χ4v) is 2.79. The summed E-state index contributed by atoms with van der Waals surface area (Å²) in [6, 6.07) is 10.7. The zero-order valence-electron chi connectivity index (χ0n) is 12.6. The summed E-state index contributed by atoms with van der Waals surface area (Å²) in [6.45, 7) is 1.63. The van der Waals surface area contributed by atoms with Gasteiger partial charge in [-0.1, -0.05) is 12.1 Å². The van der Waals surface area contributed by atoms with Crippen LogP contribution < -0.4 is 15.1 Å². The Kier molecular flexibility index (Phi) is 3.62. The first-order chi connectivity index (χ1) is 11.0. The van der Waals surface area contributed by atoms with Gasteiger partial charge in [-0.3, -0.25) is 5.41 Å². The number of hydrogen-bond donors (Lipinski definition) is 1. The van der Waals surface area contributed by atoms with Crippen molar-refractivity contribution in [1.29, 1.82) is 10.7 Å². The molecule has 0 saturated carbocycles. The SMILES string of the molecule is COc1cccc(C2c3c(cc(C)oc3=O)OC(=N)C2C#N)c1. The second kappa shape index (κ2) is 5.61. The number of aryl methyl sites for hydroxylation is 1. The molecule has 0 fully saturated rings. The molecule has 3 rings (SSSR count). The van der Waals surface area contributed by atoms with Gasteiger partial charge < -0.3 is 13.9 Å². The summed E-state index contributed by atoms with van der Waals surface area (Å²) < 4.78 is 15.7. The van der Waals surface area contributed by atoms with E-state index in [4.69, 9.17) is 19.3 Å². The zero-order chi connectivity index (χ0) is 16.6. The molecule has 0 amide bonds. The van der Waals surface area contributed by atoms with Gasteiger partial charge in [0.2, 0.25) is 5.90 Å². The molecule has 23 heavy (non-hydrogen) atoms. The fraction of sp³-hybridized carbons (Fsp3) is 0.235. The van der Waals surface area contributed by atoms with Crippen LogP contribution in [-0.4, -0.2) is 13.0 Å². The third-order valence-electron chi connectivity index (χ3n) is 3.81. The van der Waals surface area contributed by atoms with Crippen molar-refractivity contribution in [2.45, 2.75) is 12.8 Å². The highest BCUT2D eigenvalue weighted by molar-refractivity contribution is 5.85. The molecule has 0 bridgehead atoms. The van der Waals surface area contributed by atoms with Crippen molar-refractivity contribution in [1.82, 2.24) is 0 Å². The number of nitriles is 1. The lowest BCUT2D eigenvalue weighted by Gasteiger charge is -2.29. The Morgan fingerprint density at radius 2 is 2.13 bits per heavy atom. The highest BCUT2D eigenvalue weighted by atomic mass is 16.5. The summed E-state index contributed by atoms with van der Waals surface area (Å²) in [5, 5.41) is 17.4. The van der Waals surface area contributed by atoms with Crippen molar-refractivity contribution in [3.05, 3.63) is 57.6 Å². The molecule has 0 radical (unpaired) electrons. The van der Waals surface area contributed by atoms with Gasteiger partial charge in [0.25, 0.3) is 0 Å². The van der Waals surface area contributed by atoms with E-state index in [2.05, 4.69) is 6.07 Å². The Hall–Kier alpha value is -3.07. The zero-order valence-corrected chi connectivity index (χ0v) is 12.6. The van der Waals surface area contributed by atoms with Gasteiger partial charge in [-0.05, 0) is 24.6 Å². The summed E-state index contributed by atoms with van der Waals surface area (Å²) in [7, 11) is 1.54. The normalized spacial score (nSPS) is 19.4. The molecular formula is C17H14N2O4. The summed E-state index contributed by atoms with van der Waals surface area (Å²) >= 11 is 0. The largest absolute Gasteiger partial charge is 0.497 e. The minimum atomic E-state index is -0.903. The summed E-state index contributed by atoms with van der Waals surface area (Å²) in [4.78, 5) is 12.3. The third kappa shape index (κ3) is 2.46. The average molecular weight is 310 g/mol. The second-order valence-corrected chi connectivity index (χ2v) is 5.25. The molecule has 2 aromatic rings. The van der Waals surface area contributed by atoms with Crippen LogP contribution in [0.25, 0.3) is 0 Å². The van der Waals surface area contributed by atoms with Gasteiger partial charge in [0.05, 0.1) is 18.7 Å². The van der Waals surface area contributed by atoms with Gasteiger partial charge in [-0.25, -0.2) is 4.79 Å². The molecule has 2 atom stereocenters. The van der Waals surface area contributed by atoms with Crippen molar-refractivity contribution in [3.63, 3.8) is 0 Å². The first-order valence-corrected chi connectivity index (χ1v) is 6.99. The Balaban J connectivity index is 2.26. The van der Waals surface area contributed by atoms with E-state index >= 15 is 0 Å². The smallest absolute Gasteiger partial charge is 0.343 e. The number of methoxy groups -OCH3 is 1. The highest BCUT2D eigenvalue weighted by Gasteiger charge is 2.39. The molecule has 1 aromatic heterocycles. The van der Waals surface area contributed by atoms with Crippen LogP contribution in [0, 0.1) is 29.6 Å². The van der Waals surface area contributed by atoms with E-state index in [9.17, 15) is 10.1 Å². The van der Waals surface area contributed by atoms with Gasteiger partial charge in [0.1, 0.15) is 23.2 Å². The molecule has 0 saturated heterocycles. The Bertz CT molecular complexity index is 879. The second-order valence-electron chi connectivity index (χ2n) is 5.25. The number of rotatable bonds is 2. The van der Waals surface area contributed by atoms with Crippen LogP contribution in [0.5, 0.6) is 11.5 Å². The molecule has 6 heteroatoms. The lowest BCUT2D eigenvalue weighted by molar-refractivity contribution is 0.399. The molecule has 1 N–H and O–H groups in total. The lowest BCUT2D eigenvalue weighted by atomic mass is 9.80. The summed E-state index contributed by atoms with van der Waals surface area (Å²) in [5.74, 6) is -0.457. The molecule has 116 valence electrons. The van der Waals surface area contributed by atoms with Crippen molar-refractivity contribution < 1.29 is 13.9 Å². The van der Waals surface area contributed by atoms with E-state index < -0.39 is 17.5 Å². The van der Waals surface area contributed by atoms with E-state index in [0.717, 1.165) is 0 Å². The standard InChI is InChI=1S/C17H14N2O4/c1-9-6-13-15(17(20)22-9)14(12(8-18)16(19)23-13)10-4-3-5-11(7-10)21-2/h3-7,12,14,19H,1-2H3. The molecule has 1 aliphatic rings. The maximum atomic E-state index is 12.3. The molecule has 1 aromatic carbocycles. The van der Waals surface area contributed by atoms with Crippen LogP contribution in [0.1, 0.15) is 22.8 Å². The van der Waals surface area contributed by atoms with Crippen LogP contribution in [0.3, 0.4) is 0 Å². The summed E-state index contributed by atoms with van der Waals surface area (Å²) in [5.41, 5.74) is 0.397. The van der Waals surface area contributed by atoms with Gasteiger partial charge in [-0.15, -0.1) is 0 Å². The fourth-order valence-electron chi connectivity index (χ4n) is 2.79. The lowest BCUT2D eigenvalue weighted by Crippen LogP contribution is -2.34. The van der Waals surface area contributed by atoms with Crippen LogP contribution >= 0.6 is 0 Å². The van der Waals surface area contributed by atoms with Crippen molar-refractivity contribution in [3.8, 4) is 17.6 Å². The van der Waals surface area contributed by atoms with E-state index in [1.165, 1.54) is 0 Å². The van der Waals surface area contributed by atoms with Gasteiger partial charge in [-0.2, -0.15) is 5.26 Å². The van der Waals surface area contributed by atoms with Crippen LogP contribution in [0.15, 0.2) is 39.5 Å². The Morgan fingerprint density at radius 3 is 2.83 bits per heavy atom. The van der Waals surface area contributed by atoms with Crippen molar-refractivity contribution in [2.75, 3.05) is 7.11 Å². The number of nitrogens with zero attached hydrogens (tertiary/aromatic N) is 1. The summed E-state index contributed by atoms with van der Waals surface area (Å²) in [6.07, 6.45) is 0. The number of ether oxygens (including phenoxy) is 2. The monoisotopic (exact) mass is 310 g/mol. The predicted octanol–water partition coefficient (Wildman–Crippen LogP) is 2.60. The molecular weight excluding hydrogens is 296 g/mol. The number of nitrogens with one attached hydrogen (secondary N) is 1. The number of benzene rings is 1. The third-order valence-corrected chi connectivity index (χ3v) is 3.81. The first-order valence-electron chi connectivity index (χ1n) is 6.99.